The van der Waals surface area contributed by atoms with Gasteiger partial charge in [-0.1, -0.05) is 36.4 Å². The Labute approximate surface area is 115 Å². The molecule has 0 bridgehead atoms. The molecule has 0 saturated heterocycles. The molecule has 2 rings (SSSR count). The van der Waals surface area contributed by atoms with Crippen molar-refractivity contribution in [1.82, 2.24) is 4.98 Å². The summed E-state index contributed by atoms with van der Waals surface area (Å²) in [6.07, 6.45) is 0. The zero-order valence-electron chi connectivity index (χ0n) is 11.6. The first kappa shape index (κ1) is 13.6. The Kier molecular flexibility index (Phi) is 4.53. The van der Waals surface area contributed by atoms with Crippen molar-refractivity contribution < 1.29 is 0 Å². The van der Waals surface area contributed by atoms with Gasteiger partial charge in [0.15, 0.2) is 0 Å². The second-order valence-corrected chi connectivity index (χ2v) is 4.90. The van der Waals surface area contributed by atoms with Crippen molar-refractivity contribution >= 4 is 5.82 Å². The maximum Gasteiger partial charge on any atom is 0.129 e. The first-order valence-corrected chi connectivity index (χ1v) is 6.67. The number of aromatic nitrogens is 1. The Morgan fingerprint density at radius 1 is 1.05 bits per heavy atom. The van der Waals surface area contributed by atoms with Crippen molar-refractivity contribution in [2.24, 2.45) is 5.73 Å². The molecule has 0 spiro atoms. The fourth-order valence-electron chi connectivity index (χ4n) is 2.05. The van der Waals surface area contributed by atoms with E-state index in [4.69, 9.17) is 5.73 Å². The van der Waals surface area contributed by atoms with Gasteiger partial charge in [-0.2, -0.15) is 0 Å². The maximum absolute atomic E-state index is 5.67. The Bertz CT molecular complexity index is 508. The molecular weight excluding hydrogens is 234 g/mol. The SMILES string of the molecule is CC(C)N(Cc1ccccc1)c1cccc(CN)n1. The Morgan fingerprint density at radius 2 is 1.79 bits per heavy atom. The first-order chi connectivity index (χ1) is 9.20. The van der Waals surface area contributed by atoms with Crippen LogP contribution in [-0.2, 0) is 13.1 Å². The van der Waals surface area contributed by atoms with E-state index >= 15 is 0 Å². The Hall–Kier alpha value is -1.87. The van der Waals surface area contributed by atoms with Crippen LogP contribution in [0.3, 0.4) is 0 Å². The molecule has 0 saturated carbocycles. The summed E-state index contributed by atoms with van der Waals surface area (Å²) in [7, 11) is 0. The zero-order chi connectivity index (χ0) is 13.7. The predicted octanol–water partition coefficient (Wildman–Crippen LogP) is 2.96. The Balaban J connectivity index is 2.24. The largest absolute Gasteiger partial charge is 0.350 e. The molecule has 3 nitrogen and oxygen atoms in total. The summed E-state index contributed by atoms with van der Waals surface area (Å²) in [5.74, 6) is 0.988. The van der Waals surface area contributed by atoms with Gasteiger partial charge in [0.2, 0.25) is 0 Å². The lowest BCUT2D eigenvalue weighted by atomic mass is 10.2. The van der Waals surface area contributed by atoms with E-state index in [1.165, 1.54) is 5.56 Å². The van der Waals surface area contributed by atoms with Gasteiger partial charge in [-0.15, -0.1) is 0 Å². The van der Waals surface area contributed by atoms with E-state index in [0.29, 0.717) is 12.6 Å². The summed E-state index contributed by atoms with van der Waals surface area (Å²) in [5, 5.41) is 0. The molecule has 1 heterocycles. The number of anilines is 1. The lowest BCUT2D eigenvalue weighted by molar-refractivity contribution is 0.670. The second-order valence-electron chi connectivity index (χ2n) is 4.90. The van der Waals surface area contributed by atoms with Crippen molar-refractivity contribution in [2.75, 3.05) is 4.90 Å². The van der Waals surface area contributed by atoms with Gasteiger partial charge in [-0.05, 0) is 31.5 Å². The van der Waals surface area contributed by atoms with Gasteiger partial charge < -0.3 is 10.6 Å². The normalized spacial score (nSPS) is 10.7. The molecule has 0 aliphatic rings. The fraction of sp³-hybridized carbons (Fsp3) is 0.312. The first-order valence-electron chi connectivity index (χ1n) is 6.67. The summed E-state index contributed by atoms with van der Waals surface area (Å²) >= 11 is 0. The molecule has 0 fully saturated rings. The van der Waals surface area contributed by atoms with Gasteiger partial charge in [0.25, 0.3) is 0 Å². The second kappa shape index (κ2) is 6.34. The molecule has 0 aliphatic carbocycles. The topological polar surface area (TPSA) is 42.1 Å². The minimum absolute atomic E-state index is 0.390. The third kappa shape index (κ3) is 3.55. The van der Waals surface area contributed by atoms with E-state index in [-0.39, 0.29) is 0 Å². The molecule has 2 N–H and O–H groups in total. The molecule has 1 aromatic heterocycles. The van der Waals surface area contributed by atoms with Crippen LogP contribution in [0.2, 0.25) is 0 Å². The van der Waals surface area contributed by atoms with Crippen LogP contribution in [-0.4, -0.2) is 11.0 Å². The summed E-state index contributed by atoms with van der Waals surface area (Å²) in [6.45, 7) is 5.70. The van der Waals surface area contributed by atoms with Gasteiger partial charge in [-0.25, -0.2) is 4.98 Å². The molecule has 0 amide bonds. The van der Waals surface area contributed by atoms with Crippen LogP contribution in [0.1, 0.15) is 25.1 Å². The summed E-state index contributed by atoms with van der Waals surface area (Å²) in [6, 6.07) is 16.9. The number of pyridine rings is 1. The van der Waals surface area contributed by atoms with E-state index in [2.05, 4.69) is 48.0 Å². The average Bonchev–Trinajstić information content (AvgIpc) is 2.45. The van der Waals surface area contributed by atoms with Gasteiger partial charge in [0.1, 0.15) is 5.82 Å². The number of hydrogen-bond donors (Lipinski definition) is 1. The third-order valence-electron chi connectivity index (χ3n) is 3.11. The average molecular weight is 255 g/mol. The molecule has 100 valence electrons. The van der Waals surface area contributed by atoms with Gasteiger partial charge in [0.05, 0.1) is 5.69 Å². The van der Waals surface area contributed by atoms with Crippen LogP contribution >= 0.6 is 0 Å². The lowest BCUT2D eigenvalue weighted by Crippen LogP contribution is -2.31. The lowest BCUT2D eigenvalue weighted by Gasteiger charge is -2.28. The highest BCUT2D eigenvalue weighted by atomic mass is 15.2. The van der Waals surface area contributed by atoms with Crippen LogP contribution in [0.25, 0.3) is 0 Å². The standard InChI is InChI=1S/C16H21N3/c1-13(2)19(12-14-7-4-3-5-8-14)16-10-6-9-15(11-17)18-16/h3-10,13H,11-12,17H2,1-2H3. The quantitative estimate of drug-likeness (QED) is 0.893. The number of hydrogen-bond acceptors (Lipinski definition) is 3. The van der Waals surface area contributed by atoms with Crippen molar-refractivity contribution in [3.05, 3.63) is 59.8 Å². The monoisotopic (exact) mass is 255 g/mol. The number of nitrogens with two attached hydrogens (primary N) is 1. The van der Waals surface area contributed by atoms with E-state index in [9.17, 15) is 0 Å². The van der Waals surface area contributed by atoms with E-state index < -0.39 is 0 Å². The van der Waals surface area contributed by atoms with Gasteiger partial charge in [-0.3, -0.25) is 0 Å². The molecule has 0 unspecified atom stereocenters. The van der Waals surface area contributed by atoms with Gasteiger partial charge in [0, 0.05) is 19.1 Å². The number of benzene rings is 1. The highest BCUT2D eigenvalue weighted by Crippen LogP contribution is 2.18. The third-order valence-corrected chi connectivity index (χ3v) is 3.11. The maximum atomic E-state index is 5.67. The zero-order valence-corrected chi connectivity index (χ0v) is 11.6. The number of nitrogens with zero attached hydrogens (tertiary/aromatic N) is 2. The van der Waals surface area contributed by atoms with Crippen molar-refractivity contribution in [3.63, 3.8) is 0 Å². The summed E-state index contributed by atoms with van der Waals surface area (Å²) < 4.78 is 0. The molecule has 3 heteroatoms. The van der Waals surface area contributed by atoms with Crippen LogP contribution in [0.5, 0.6) is 0 Å². The van der Waals surface area contributed by atoms with Crippen molar-refractivity contribution in [3.8, 4) is 0 Å². The fourth-order valence-corrected chi connectivity index (χ4v) is 2.05. The highest BCUT2D eigenvalue weighted by Gasteiger charge is 2.12. The van der Waals surface area contributed by atoms with Crippen LogP contribution in [0.15, 0.2) is 48.5 Å². The highest BCUT2D eigenvalue weighted by molar-refractivity contribution is 5.41. The van der Waals surface area contributed by atoms with E-state index in [1.54, 1.807) is 0 Å². The van der Waals surface area contributed by atoms with E-state index in [0.717, 1.165) is 18.1 Å². The smallest absolute Gasteiger partial charge is 0.129 e. The van der Waals surface area contributed by atoms with Crippen LogP contribution < -0.4 is 10.6 Å². The predicted molar refractivity (Wildman–Crippen MR) is 79.9 cm³/mol. The van der Waals surface area contributed by atoms with Crippen LogP contribution in [0.4, 0.5) is 5.82 Å². The number of rotatable bonds is 5. The molecule has 19 heavy (non-hydrogen) atoms. The Morgan fingerprint density at radius 3 is 2.42 bits per heavy atom. The van der Waals surface area contributed by atoms with Crippen molar-refractivity contribution in [1.29, 1.82) is 0 Å². The minimum Gasteiger partial charge on any atom is -0.350 e. The molecule has 1 aromatic carbocycles. The van der Waals surface area contributed by atoms with Crippen LogP contribution in [0, 0.1) is 0 Å². The molecule has 0 atom stereocenters. The van der Waals surface area contributed by atoms with E-state index in [1.807, 2.05) is 24.3 Å². The summed E-state index contributed by atoms with van der Waals surface area (Å²) in [4.78, 5) is 6.90. The molecule has 0 aliphatic heterocycles. The summed E-state index contributed by atoms with van der Waals surface area (Å²) in [5.41, 5.74) is 7.88. The molecule has 0 radical (unpaired) electrons. The van der Waals surface area contributed by atoms with Gasteiger partial charge >= 0.3 is 0 Å². The minimum atomic E-state index is 0.390. The van der Waals surface area contributed by atoms with Crippen molar-refractivity contribution in [2.45, 2.75) is 33.0 Å². The molecular formula is C16H21N3. The molecule has 2 aromatic rings.